The van der Waals surface area contributed by atoms with Crippen molar-refractivity contribution in [2.75, 3.05) is 0 Å². The minimum Gasteiger partial charge on any atom is -0.479 e. The van der Waals surface area contributed by atoms with Crippen LogP contribution >= 0.6 is 22.9 Å². The topological polar surface area (TPSA) is 114 Å². The van der Waals surface area contributed by atoms with Crippen LogP contribution in [0.2, 0.25) is 4.47 Å². The average Bonchev–Trinajstić information content (AvgIpc) is 2.76. The summed E-state index contributed by atoms with van der Waals surface area (Å²) >= 11 is 6.24. The highest BCUT2D eigenvalue weighted by Crippen LogP contribution is 2.42. The summed E-state index contributed by atoms with van der Waals surface area (Å²) in [5.74, 6) is -2.77. The van der Waals surface area contributed by atoms with E-state index in [0.29, 0.717) is 11.3 Å². The first-order valence-electron chi connectivity index (χ1n) is 5.86. The predicted octanol–water partition coefficient (Wildman–Crippen LogP) is 2.60. The van der Waals surface area contributed by atoms with E-state index in [1.54, 1.807) is 0 Å². The van der Waals surface area contributed by atoms with Gasteiger partial charge in [-0.05, 0) is 18.6 Å². The van der Waals surface area contributed by atoms with Crippen molar-refractivity contribution in [1.29, 1.82) is 0 Å². The number of thiazole rings is 1. The third kappa shape index (κ3) is 3.27. The van der Waals surface area contributed by atoms with Crippen molar-refractivity contribution in [3.63, 3.8) is 0 Å². The van der Waals surface area contributed by atoms with Gasteiger partial charge in [-0.15, -0.1) is 0 Å². The lowest BCUT2D eigenvalue weighted by atomic mass is 10.0. The fourth-order valence-corrected chi connectivity index (χ4v) is 3.48. The number of aliphatic hydroxyl groups is 1. The highest BCUT2D eigenvalue weighted by atomic mass is 35.5. The van der Waals surface area contributed by atoms with E-state index in [1.807, 2.05) is 0 Å². The number of benzene rings is 1. The van der Waals surface area contributed by atoms with E-state index in [0.717, 1.165) is 0 Å². The van der Waals surface area contributed by atoms with Gasteiger partial charge >= 0.3 is 21.6 Å². The number of alkyl halides is 3. The van der Waals surface area contributed by atoms with Gasteiger partial charge in [0.1, 0.15) is 0 Å². The van der Waals surface area contributed by atoms with Crippen molar-refractivity contribution < 1.29 is 40.8 Å². The van der Waals surface area contributed by atoms with Crippen LogP contribution in [0.25, 0.3) is 10.2 Å². The molecule has 2 N–H and O–H groups in total. The number of aromatic nitrogens is 1. The third-order valence-corrected chi connectivity index (χ3v) is 4.97. The first kappa shape index (κ1) is 18.7. The number of hydrogen-bond donors (Lipinski definition) is 2. The van der Waals surface area contributed by atoms with E-state index >= 15 is 0 Å². The number of rotatable bonds is 4. The second-order valence-electron chi connectivity index (χ2n) is 4.48. The molecular formula is C11H7ClF3NO6S2. The second-order valence-corrected chi connectivity index (χ2v) is 7.59. The monoisotopic (exact) mass is 405 g/mol. The van der Waals surface area contributed by atoms with Gasteiger partial charge in [0, 0.05) is 5.56 Å². The summed E-state index contributed by atoms with van der Waals surface area (Å²) in [7, 11) is -6.10. The lowest BCUT2D eigenvalue weighted by Gasteiger charge is -2.17. The number of hydrogen-bond acceptors (Lipinski definition) is 7. The Balaban J connectivity index is 2.81. The Morgan fingerprint density at radius 1 is 1.46 bits per heavy atom. The van der Waals surface area contributed by atoms with Gasteiger partial charge in [0.15, 0.2) is 16.3 Å². The van der Waals surface area contributed by atoms with E-state index in [4.69, 9.17) is 16.7 Å². The van der Waals surface area contributed by atoms with Gasteiger partial charge < -0.3 is 14.4 Å². The fraction of sp³-hybridized carbons (Fsp3) is 0.273. The molecule has 1 aromatic heterocycles. The molecule has 0 radical (unpaired) electrons. The zero-order valence-corrected chi connectivity index (χ0v) is 13.8. The number of aliphatic hydroxyl groups excluding tert-OH is 1. The van der Waals surface area contributed by atoms with Crippen LogP contribution in [0.4, 0.5) is 13.2 Å². The summed E-state index contributed by atoms with van der Waals surface area (Å²) in [6, 6.07) is 1.24. The number of carboxylic acids is 1. The van der Waals surface area contributed by atoms with E-state index in [1.165, 1.54) is 13.0 Å². The summed E-state index contributed by atoms with van der Waals surface area (Å²) < 4.78 is 64.1. The zero-order valence-electron chi connectivity index (χ0n) is 11.5. The van der Waals surface area contributed by atoms with Crippen LogP contribution in [-0.2, 0) is 14.9 Å². The van der Waals surface area contributed by atoms with Gasteiger partial charge in [0.25, 0.3) is 0 Å². The van der Waals surface area contributed by atoms with E-state index in [2.05, 4.69) is 9.17 Å². The molecule has 2 aromatic rings. The lowest BCUT2D eigenvalue weighted by Crippen LogP contribution is -2.29. The number of carboxylic acid groups (broad SMARTS) is 1. The largest absolute Gasteiger partial charge is 0.534 e. The molecule has 0 aliphatic carbocycles. The Labute approximate surface area is 141 Å². The first-order chi connectivity index (χ1) is 10.8. The SMILES string of the molecule is Cc1cc2nc(Cl)sc2c(OS(=O)(=O)C(F)(F)F)c1C(O)C(=O)O. The lowest BCUT2D eigenvalue weighted by molar-refractivity contribution is -0.147. The maximum atomic E-state index is 12.6. The van der Waals surface area contributed by atoms with Gasteiger partial charge in [-0.2, -0.15) is 21.6 Å². The Bertz CT molecular complexity index is 924. The number of nitrogens with zero attached hydrogens (tertiary/aromatic N) is 1. The molecule has 132 valence electrons. The molecule has 0 saturated heterocycles. The molecule has 1 aromatic carbocycles. The Morgan fingerprint density at radius 3 is 2.54 bits per heavy atom. The van der Waals surface area contributed by atoms with Crippen LogP contribution < -0.4 is 4.18 Å². The van der Waals surface area contributed by atoms with Crippen LogP contribution in [0.5, 0.6) is 5.75 Å². The normalized spacial score (nSPS) is 13.9. The van der Waals surface area contributed by atoms with E-state index < -0.39 is 39.0 Å². The van der Waals surface area contributed by atoms with Crippen LogP contribution in [0, 0.1) is 6.92 Å². The predicted molar refractivity (Wildman–Crippen MR) is 77.6 cm³/mol. The molecule has 1 atom stereocenters. The number of aryl methyl sites for hydroxylation is 1. The summed E-state index contributed by atoms with van der Waals surface area (Å²) in [6.45, 7) is 1.25. The molecule has 7 nitrogen and oxygen atoms in total. The fourth-order valence-electron chi connectivity index (χ4n) is 1.85. The molecular weight excluding hydrogens is 399 g/mol. The van der Waals surface area contributed by atoms with Gasteiger partial charge in [-0.25, -0.2) is 9.78 Å². The van der Waals surface area contributed by atoms with Crippen molar-refractivity contribution in [2.45, 2.75) is 18.5 Å². The summed E-state index contributed by atoms with van der Waals surface area (Å²) in [5, 5.41) is 18.6. The minimum absolute atomic E-state index is 0.00351. The molecule has 0 fully saturated rings. The Hall–Kier alpha value is -1.63. The number of halogens is 4. The molecule has 0 spiro atoms. The summed E-state index contributed by atoms with van der Waals surface area (Å²) in [6.07, 6.45) is -2.31. The average molecular weight is 406 g/mol. The number of aliphatic carboxylic acids is 1. The van der Waals surface area contributed by atoms with E-state index in [9.17, 15) is 31.5 Å². The highest BCUT2D eigenvalue weighted by Gasteiger charge is 2.49. The third-order valence-electron chi connectivity index (χ3n) is 2.84. The maximum absolute atomic E-state index is 12.6. The van der Waals surface area contributed by atoms with Crippen LogP contribution in [0.1, 0.15) is 17.2 Å². The molecule has 0 saturated carbocycles. The molecule has 0 aliphatic rings. The molecule has 0 aliphatic heterocycles. The van der Waals surface area contributed by atoms with Gasteiger partial charge in [0.05, 0.1) is 10.2 Å². The standard InChI is InChI=1S/C11H7ClF3NO6S2/c1-3-2-4-8(23-10(12)16-4)7(5(3)6(17)9(18)19)22-24(20,21)11(13,14)15/h2,6,17H,1H3,(H,18,19). The first-order valence-corrected chi connectivity index (χ1v) is 8.46. The van der Waals surface area contributed by atoms with Crippen molar-refractivity contribution in [1.82, 2.24) is 4.98 Å². The van der Waals surface area contributed by atoms with Crippen LogP contribution in [0.3, 0.4) is 0 Å². The van der Waals surface area contributed by atoms with Crippen LogP contribution in [-0.4, -0.2) is 35.1 Å². The van der Waals surface area contributed by atoms with Gasteiger partial charge in [0.2, 0.25) is 0 Å². The molecule has 2 rings (SSSR count). The number of carbonyl (C=O) groups is 1. The number of fused-ring (bicyclic) bond motifs is 1. The minimum atomic E-state index is -6.10. The van der Waals surface area contributed by atoms with Crippen molar-refractivity contribution >= 4 is 49.2 Å². The summed E-state index contributed by atoms with van der Waals surface area (Å²) in [4.78, 5) is 14.8. The molecule has 1 heterocycles. The smallest absolute Gasteiger partial charge is 0.479 e. The van der Waals surface area contributed by atoms with Crippen LogP contribution in [0.15, 0.2) is 6.07 Å². The molecule has 0 amide bonds. The molecule has 1 unspecified atom stereocenters. The van der Waals surface area contributed by atoms with Crippen molar-refractivity contribution in [2.24, 2.45) is 0 Å². The van der Waals surface area contributed by atoms with Gasteiger partial charge in [-0.1, -0.05) is 22.9 Å². The van der Waals surface area contributed by atoms with Crippen molar-refractivity contribution in [3.8, 4) is 5.75 Å². The summed E-state index contributed by atoms with van der Waals surface area (Å²) in [5.41, 5.74) is -6.42. The quantitative estimate of drug-likeness (QED) is 0.593. The zero-order chi connectivity index (χ0) is 18.4. The Kier molecular flexibility index (Phi) is 4.69. The Morgan fingerprint density at radius 2 is 2.04 bits per heavy atom. The maximum Gasteiger partial charge on any atom is 0.534 e. The highest BCUT2D eigenvalue weighted by molar-refractivity contribution is 7.88. The van der Waals surface area contributed by atoms with E-state index in [-0.39, 0.29) is 20.2 Å². The molecule has 13 heteroatoms. The molecule has 24 heavy (non-hydrogen) atoms. The van der Waals surface area contributed by atoms with Crippen molar-refractivity contribution in [3.05, 3.63) is 21.7 Å². The molecule has 0 bridgehead atoms. The van der Waals surface area contributed by atoms with Gasteiger partial charge in [-0.3, -0.25) is 0 Å². The second kappa shape index (κ2) is 6.02.